The van der Waals surface area contributed by atoms with Gasteiger partial charge in [0, 0.05) is 29.3 Å². The minimum absolute atomic E-state index is 0.121. The number of rotatable bonds is 8. The summed E-state index contributed by atoms with van der Waals surface area (Å²) in [6.45, 7) is 4.70. The van der Waals surface area contributed by atoms with Crippen LogP contribution >= 0.6 is 67.2 Å². The van der Waals surface area contributed by atoms with Crippen LogP contribution in [0.2, 0.25) is 6.04 Å². The van der Waals surface area contributed by atoms with Gasteiger partial charge in [-0.05, 0) is 48.7 Å². The summed E-state index contributed by atoms with van der Waals surface area (Å²) < 4.78 is 5.22. The van der Waals surface area contributed by atoms with Crippen molar-refractivity contribution < 1.29 is 9.53 Å². The van der Waals surface area contributed by atoms with Gasteiger partial charge in [-0.15, -0.1) is 67.2 Å². The topological polar surface area (TPSA) is 26.3 Å². The lowest BCUT2D eigenvalue weighted by Gasteiger charge is -2.07. The molecule has 3 aromatic heterocycles. The Morgan fingerprint density at radius 2 is 1.39 bits per heavy atom. The van der Waals surface area contributed by atoms with E-state index in [0.29, 0.717) is 5.92 Å². The first-order valence-corrected chi connectivity index (χ1v) is 16.4. The zero-order valence-corrected chi connectivity index (χ0v) is 21.1. The molecular formula is C19H19Cl3O2S3Si. The highest BCUT2D eigenvalue weighted by Gasteiger charge is 2.29. The standard InChI is InChI=1S/C19H19Cl3O2S3Si/c1-12(2)9-13-3-5-15(25-13)17-7-8-18(27-17)16-6-4-14(26-16)10-24-19(23)11-28(20,21)22/h3-8,12H,9-11H2,1-2H3. The predicted molar refractivity (Wildman–Crippen MR) is 127 cm³/mol. The highest BCUT2D eigenvalue weighted by Crippen LogP contribution is 2.40. The van der Waals surface area contributed by atoms with Gasteiger partial charge in [0.25, 0.3) is 0 Å². The van der Waals surface area contributed by atoms with Crippen molar-refractivity contribution >= 4 is 79.2 Å². The minimum Gasteiger partial charge on any atom is -0.460 e. The van der Waals surface area contributed by atoms with Crippen molar-refractivity contribution in [1.82, 2.24) is 0 Å². The largest absolute Gasteiger partial charge is 0.460 e. The van der Waals surface area contributed by atoms with Gasteiger partial charge in [0.2, 0.25) is 0 Å². The molecule has 0 aromatic carbocycles. The number of hydrogen-bond donors (Lipinski definition) is 0. The molecule has 0 N–H and O–H groups in total. The Kier molecular flexibility index (Phi) is 7.70. The van der Waals surface area contributed by atoms with Crippen molar-refractivity contribution in [2.24, 2.45) is 5.92 Å². The third-order valence-electron chi connectivity index (χ3n) is 3.74. The number of halogens is 3. The summed E-state index contributed by atoms with van der Waals surface area (Å²) in [5, 5.41) is 0. The molecule has 2 nitrogen and oxygen atoms in total. The fourth-order valence-corrected chi connectivity index (χ4v) is 7.32. The van der Waals surface area contributed by atoms with E-state index in [1.807, 2.05) is 17.4 Å². The van der Waals surface area contributed by atoms with Gasteiger partial charge in [-0.25, -0.2) is 0 Å². The maximum Gasteiger partial charge on any atom is 0.352 e. The molecule has 0 unspecified atom stereocenters. The lowest BCUT2D eigenvalue weighted by atomic mass is 10.1. The van der Waals surface area contributed by atoms with E-state index in [9.17, 15) is 4.79 Å². The highest BCUT2D eigenvalue weighted by molar-refractivity contribution is 7.65. The highest BCUT2D eigenvalue weighted by atomic mass is 35.8. The van der Waals surface area contributed by atoms with Crippen molar-refractivity contribution in [2.75, 3.05) is 0 Å². The fraction of sp³-hybridized carbons (Fsp3) is 0.316. The van der Waals surface area contributed by atoms with Gasteiger partial charge >= 0.3 is 12.0 Å². The molecule has 0 fully saturated rings. The molecule has 0 spiro atoms. The molecule has 0 radical (unpaired) electrons. The van der Waals surface area contributed by atoms with Crippen LogP contribution in [0.3, 0.4) is 0 Å². The van der Waals surface area contributed by atoms with Crippen LogP contribution in [0.4, 0.5) is 0 Å². The van der Waals surface area contributed by atoms with Crippen LogP contribution < -0.4 is 0 Å². The number of ether oxygens (including phenoxy) is 1. The zero-order chi connectivity index (χ0) is 20.3. The van der Waals surface area contributed by atoms with Crippen LogP contribution in [0.1, 0.15) is 23.6 Å². The first-order chi connectivity index (χ1) is 13.2. The quantitative estimate of drug-likeness (QED) is 0.174. The molecule has 3 rings (SSSR count). The van der Waals surface area contributed by atoms with E-state index in [1.165, 1.54) is 19.5 Å². The Morgan fingerprint density at radius 3 is 1.96 bits per heavy atom. The SMILES string of the molecule is CC(C)Cc1ccc(-c2ccc(-c3ccc(COC(=O)C[Si](Cl)(Cl)Cl)s3)s2)s1. The van der Waals surface area contributed by atoms with E-state index in [4.69, 9.17) is 38.0 Å². The smallest absolute Gasteiger partial charge is 0.352 e. The molecule has 0 aliphatic rings. The Balaban J connectivity index is 1.63. The molecule has 0 saturated heterocycles. The molecule has 0 amide bonds. The molecule has 150 valence electrons. The molecule has 0 bridgehead atoms. The van der Waals surface area contributed by atoms with Gasteiger partial charge in [0.05, 0.1) is 6.04 Å². The Labute approximate surface area is 192 Å². The lowest BCUT2D eigenvalue weighted by Crippen LogP contribution is -2.17. The fourth-order valence-electron chi connectivity index (χ4n) is 2.58. The summed E-state index contributed by atoms with van der Waals surface area (Å²) in [6.07, 6.45) is 1.12. The van der Waals surface area contributed by atoms with Crippen LogP contribution in [0.25, 0.3) is 19.5 Å². The summed E-state index contributed by atoms with van der Waals surface area (Å²) in [5.74, 6) is 0.205. The second-order valence-electron chi connectivity index (χ2n) is 6.75. The van der Waals surface area contributed by atoms with E-state index in [-0.39, 0.29) is 12.7 Å². The summed E-state index contributed by atoms with van der Waals surface area (Å²) in [5.41, 5.74) is 0. The maximum absolute atomic E-state index is 11.7. The van der Waals surface area contributed by atoms with E-state index in [2.05, 4.69) is 44.2 Å². The van der Waals surface area contributed by atoms with Crippen molar-refractivity contribution in [3.05, 3.63) is 46.2 Å². The molecule has 28 heavy (non-hydrogen) atoms. The van der Waals surface area contributed by atoms with Gasteiger partial charge in [-0.2, -0.15) is 0 Å². The second-order valence-corrected chi connectivity index (χ2v) is 19.3. The zero-order valence-electron chi connectivity index (χ0n) is 15.3. The number of carbonyl (C=O) groups excluding carboxylic acids is 1. The molecule has 0 aliphatic heterocycles. The van der Waals surface area contributed by atoms with E-state index in [0.717, 1.165) is 16.2 Å². The lowest BCUT2D eigenvalue weighted by molar-refractivity contribution is -0.142. The monoisotopic (exact) mass is 508 g/mol. The third kappa shape index (κ3) is 6.59. The van der Waals surface area contributed by atoms with Crippen molar-refractivity contribution in [3.63, 3.8) is 0 Å². The first-order valence-electron chi connectivity index (χ1n) is 8.70. The van der Waals surface area contributed by atoms with Gasteiger partial charge < -0.3 is 4.74 Å². The van der Waals surface area contributed by atoms with Crippen molar-refractivity contribution in [2.45, 2.75) is 32.9 Å². The van der Waals surface area contributed by atoms with Gasteiger partial charge in [0.1, 0.15) is 6.61 Å². The Morgan fingerprint density at radius 1 is 0.893 bits per heavy atom. The van der Waals surface area contributed by atoms with Crippen molar-refractivity contribution in [3.8, 4) is 19.5 Å². The predicted octanol–water partition coefficient (Wildman–Crippen LogP) is 8.10. The maximum atomic E-state index is 11.7. The molecule has 9 heteroatoms. The van der Waals surface area contributed by atoms with Crippen LogP contribution in [0.5, 0.6) is 0 Å². The van der Waals surface area contributed by atoms with Crippen LogP contribution in [-0.4, -0.2) is 12.0 Å². The molecular weight excluding hydrogens is 491 g/mol. The third-order valence-corrected chi connectivity index (χ3v) is 9.28. The van der Waals surface area contributed by atoms with Crippen LogP contribution in [-0.2, 0) is 22.6 Å². The van der Waals surface area contributed by atoms with Gasteiger partial charge in [-0.1, -0.05) is 13.8 Å². The summed E-state index contributed by atoms with van der Waals surface area (Å²) in [4.78, 5) is 19.1. The van der Waals surface area contributed by atoms with E-state index < -0.39 is 12.0 Å². The Bertz CT molecular complexity index is 940. The van der Waals surface area contributed by atoms with Crippen LogP contribution in [0.15, 0.2) is 36.4 Å². The molecule has 0 aliphatic carbocycles. The molecule has 0 saturated carbocycles. The normalized spacial score (nSPS) is 11.9. The van der Waals surface area contributed by atoms with Crippen molar-refractivity contribution in [1.29, 1.82) is 0 Å². The summed E-state index contributed by atoms with van der Waals surface area (Å²) >= 11 is 22.5. The summed E-state index contributed by atoms with van der Waals surface area (Å²) in [6, 6.07) is 9.70. The molecule has 3 heterocycles. The van der Waals surface area contributed by atoms with Gasteiger partial charge in [0.15, 0.2) is 0 Å². The number of hydrogen-bond acceptors (Lipinski definition) is 5. The second kappa shape index (κ2) is 9.64. The first kappa shape index (κ1) is 22.3. The van der Waals surface area contributed by atoms with E-state index >= 15 is 0 Å². The van der Waals surface area contributed by atoms with E-state index in [1.54, 1.807) is 22.7 Å². The minimum atomic E-state index is -2.99. The summed E-state index contributed by atoms with van der Waals surface area (Å²) in [7, 11) is 0. The van der Waals surface area contributed by atoms with Crippen LogP contribution in [0, 0.1) is 5.92 Å². The Hall–Kier alpha value is -0.343. The average Bonchev–Trinajstić information content (AvgIpc) is 3.30. The molecule has 3 aromatic rings. The number of carbonyl (C=O) groups is 1. The average molecular weight is 510 g/mol. The number of thiophene rings is 3. The molecule has 0 atom stereocenters. The number of esters is 1. The van der Waals surface area contributed by atoms with Gasteiger partial charge in [-0.3, -0.25) is 4.79 Å².